The molecule has 6 heteroatoms. The van der Waals surface area contributed by atoms with E-state index >= 15 is 0 Å². The number of aromatic amines is 1. The fourth-order valence-electron chi connectivity index (χ4n) is 1.58. The molecule has 0 fully saturated rings. The molecule has 0 bridgehead atoms. The number of nitrogens with one attached hydrogen (secondary N) is 2. The monoisotopic (exact) mass is 267 g/mol. The first-order chi connectivity index (χ1) is 8.79. The number of rotatable bonds is 5. The van der Waals surface area contributed by atoms with E-state index in [0.717, 1.165) is 6.42 Å². The number of carbonyl (C=O) groups is 1. The quantitative estimate of drug-likeness (QED) is 0.810. The molecule has 0 saturated carbocycles. The molecule has 0 aliphatic carbocycles. The lowest BCUT2D eigenvalue weighted by atomic mass is 10.0. The molecular weight excluding hydrogens is 246 g/mol. The Morgan fingerprint density at radius 2 is 2.00 bits per heavy atom. The van der Waals surface area contributed by atoms with Crippen molar-refractivity contribution in [3.63, 3.8) is 0 Å². The molecule has 0 aliphatic rings. The van der Waals surface area contributed by atoms with E-state index in [0.29, 0.717) is 12.0 Å². The Balaban J connectivity index is 2.92. The van der Waals surface area contributed by atoms with Gasteiger partial charge in [-0.15, -0.1) is 0 Å². The van der Waals surface area contributed by atoms with Crippen molar-refractivity contribution in [2.24, 2.45) is 0 Å². The lowest BCUT2D eigenvalue weighted by molar-refractivity contribution is -0.123. The number of aryl methyl sites for hydroxylation is 1. The van der Waals surface area contributed by atoms with E-state index in [4.69, 9.17) is 0 Å². The lowest BCUT2D eigenvalue weighted by Gasteiger charge is -2.24. The van der Waals surface area contributed by atoms with Crippen LogP contribution in [-0.2, 0) is 17.8 Å². The summed E-state index contributed by atoms with van der Waals surface area (Å²) in [6.07, 6.45) is 2.75. The highest BCUT2D eigenvalue weighted by atomic mass is 16.2. The number of H-pyrrole nitrogens is 1. The molecule has 0 unspecified atom stereocenters. The molecular formula is C13H21N3O3. The normalized spacial score (nSPS) is 11.4. The molecule has 1 amide bonds. The molecule has 106 valence electrons. The van der Waals surface area contributed by atoms with E-state index in [2.05, 4.69) is 10.3 Å². The molecule has 1 aromatic heterocycles. The minimum atomic E-state index is -0.563. The summed E-state index contributed by atoms with van der Waals surface area (Å²) in [7, 11) is 0. The largest absolute Gasteiger partial charge is 0.350 e. The van der Waals surface area contributed by atoms with Crippen LogP contribution in [0.5, 0.6) is 0 Å². The molecule has 1 heterocycles. The predicted octanol–water partition coefficient (Wildman–Crippen LogP) is 0.404. The fraction of sp³-hybridized carbons (Fsp3) is 0.615. The van der Waals surface area contributed by atoms with Crippen LogP contribution in [0.4, 0.5) is 0 Å². The molecule has 19 heavy (non-hydrogen) atoms. The molecule has 1 aromatic rings. The highest BCUT2D eigenvalue weighted by molar-refractivity contribution is 5.76. The van der Waals surface area contributed by atoms with Gasteiger partial charge >= 0.3 is 5.69 Å². The Kier molecular flexibility index (Phi) is 4.69. The smallest absolute Gasteiger partial charge is 0.328 e. The second-order valence-corrected chi connectivity index (χ2v) is 5.18. The average molecular weight is 267 g/mol. The van der Waals surface area contributed by atoms with E-state index in [1.165, 1.54) is 10.8 Å². The van der Waals surface area contributed by atoms with Crippen molar-refractivity contribution in [1.82, 2.24) is 14.9 Å². The van der Waals surface area contributed by atoms with Crippen LogP contribution < -0.4 is 16.6 Å². The summed E-state index contributed by atoms with van der Waals surface area (Å²) >= 11 is 0. The van der Waals surface area contributed by atoms with Gasteiger partial charge in [-0.3, -0.25) is 19.1 Å². The summed E-state index contributed by atoms with van der Waals surface area (Å²) in [5.74, 6) is -0.247. The third-order valence-electron chi connectivity index (χ3n) is 3.14. The van der Waals surface area contributed by atoms with Crippen LogP contribution in [0.1, 0.15) is 39.7 Å². The van der Waals surface area contributed by atoms with Gasteiger partial charge in [0.25, 0.3) is 5.56 Å². The maximum absolute atomic E-state index is 11.9. The zero-order chi connectivity index (χ0) is 14.6. The lowest BCUT2D eigenvalue weighted by Crippen LogP contribution is -2.45. The molecule has 2 N–H and O–H groups in total. The van der Waals surface area contributed by atoms with Crippen LogP contribution in [0, 0.1) is 0 Å². The van der Waals surface area contributed by atoms with E-state index in [9.17, 15) is 14.4 Å². The SMILES string of the molecule is CCc1cn(CC(=O)NC(C)(C)CC)c(=O)[nH]c1=O. The van der Waals surface area contributed by atoms with Crippen LogP contribution in [0.3, 0.4) is 0 Å². The molecule has 6 nitrogen and oxygen atoms in total. The van der Waals surface area contributed by atoms with Gasteiger partial charge in [-0.2, -0.15) is 0 Å². The van der Waals surface area contributed by atoms with Crippen LogP contribution in [0.2, 0.25) is 0 Å². The highest BCUT2D eigenvalue weighted by Gasteiger charge is 2.18. The summed E-state index contributed by atoms with van der Waals surface area (Å²) < 4.78 is 1.22. The van der Waals surface area contributed by atoms with Gasteiger partial charge in [0.1, 0.15) is 6.54 Å². The Hall–Kier alpha value is -1.85. The van der Waals surface area contributed by atoms with Crippen LogP contribution in [0.25, 0.3) is 0 Å². The van der Waals surface area contributed by atoms with Gasteiger partial charge in [0.05, 0.1) is 0 Å². The van der Waals surface area contributed by atoms with E-state index < -0.39 is 11.2 Å². The van der Waals surface area contributed by atoms with Crippen molar-refractivity contribution in [2.45, 2.75) is 52.6 Å². The van der Waals surface area contributed by atoms with Crippen molar-refractivity contribution >= 4 is 5.91 Å². The Bertz CT molecular complexity index is 569. The minimum Gasteiger partial charge on any atom is -0.350 e. The van der Waals surface area contributed by atoms with Crippen molar-refractivity contribution in [2.75, 3.05) is 0 Å². The summed E-state index contributed by atoms with van der Waals surface area (Å²) in [5.41, 5.74) is -0.775. The predicted molar refractivity (Wildman–Crippen MR) is 73.2 cm³/mol. The highest BCUT2D eigenvalue weighted by Crippen LogP contribution is 2.06. The van der Waals surface area contributed by atoms with Crippen LogP contribution >= 0.6 is 0 Å². The van der Waals surface area contributed by atoms with Crippen molar-refractivity contribution < 1.29 is 4.79 Å². The molecule has 0 aromatic carbocycles. The molecule has 0 saturated heterocycles. The van der Waals surface area contributed by atoms with Gasteiger partial charge < -0.3 is 5.32 Å². The Morgan fingerprint density at radius 3 is 2.53 bits per heavy atom. The number of nitrogens with zero attached hydrogens (tertiary/aromatic N) is 1. The van der Waals surface area contributed by atoms with Gasteiger partial charge in [0.15, 0.2) is 0 Å². The van der Waals surface area contributed by atoms with Crippen LogP contribution in [-0.4, -0.2) is 21.0 Å². The summed E-state index contributed by atoms with van der Waals surface area (Å²) in [4.78, 5) is 37.1. The zero-order valence-corrected chi connectivity index (χ0v) is 11.9. The first-order valence-corrected chi connectivity index (χ1v) is 6.42. The number of hydrogen-bond acceptors (Lipinski definition) is 3. The molecule has 0 atom stereocenters. The number of aromatic nitrogens is 2. The van der Waals surface area contributed by atoms with E-state index in [1.54, 1.807) is 0 Å². The third kappa shape index (κ3) is 4.08. The average Bonchev–Trinajstić information content (AvgIpc) is 2.32. The van der Waals surface area contributed by atoms with Gasteiger partial charge in [0.2, 0.25) is 5.91 Å². The van der Waals surface area contributed by atoms with Crippen LogP contribution in [0.15, 0.2) is 15.8 Å². The van der Waals surface area contributed by atoms with Gasteiger partial charge in [0, 0.05) is 17.3 Å². The van der Waals surface area contributed by atoms with Crippen molar-refractivity contribution in [1.29, 1.82) is 0 Å². The molecule has 0 aliphatic heterocycles. The summed E-state index contributed by atoms with van der Waals surface area (Å²) in [6, 6.07) is 0. The zero-order valence-electron chi connectivity index (χ0n) is 11.9. The minimum absolute atomic E-state index is 0.0912. The van der Waals surface area contributed by atoms with E-state index in [-0.39, 0.29) is 18.0 Å². The molecule has 1 rings (SSSR count). The second kappa shape index (κ2) is 5.86. The molecule has 0 radical (unpaired) electrons. The maximum Gasteiger partial charge on any atom is 0.328 e. The first kappa shape index (κ1) is 15.2. The van der Waals surface area contributed by atoms with Gasteiger partial charge in [-0.25, -0.2) is 4.79 Å². The topological polar surface area (TPSA) is 84.0 Å². The molecule has 0 spiro atoms. The Morgan fingerprint density at radius 1 is 1.37 bits per heavy atom. The van der Waals surface area contributed by atoms with Crippen molar-refractivity contribution in [3.05, 3.63) is 32.6 Å². The van der Waals surface area contributed by atoms with Gasteiger partial charge in [-0.1, -0.05) is 13.8 Å². The third-order valence-corrected chi connectivity index (χ3v) is 3.14. The standard InChI is InChI=1S/C13H21N3O3/c1-5-9-7-16(12(19)14-11(9)18)8-10(17)15-13(3,4)6-2/h7H,5-6,8H2,1-4H3,(H,15,17)(H,14,18,19). The Labute approximate surface area is 111 Å². The summed E-state index contributed by atoms with van der Waals surface area (Å²) in [5, 5.41) is 2.84. The number of hydrogen-bond donors (Lipinski definition) is 2. The van der Waals surface area contributed by atoms with Gasteiger partial charge in [-0.05, 0) is 26.7 Å². The summed E-state index contributed by atoms with van der Waals surface area (Å²) in [6.45, 7) is 7.53. The van der Waals surface area contributed by atoms with Crippen molar-refractivity contribution in [3.8, 4) is 0 Å². The maximum atomic E-state index is 11.9. The number of amides is 1. The number of carbonyl (C=O) groups excluding carboxylic acids is 1. The fourth-order valence-corrected chi connectivity index (χ4v) is 1.58. The first-order valence-electron chi connectivity index (χ1n) is 6.42. The second-order valence-electron chi connectivity index (χ2n) is 5.18. The van der Waals surface area contributed by atoms with E-state index in [1.807, 2.05) is 27.7 Å².